The van der Waals surface area contributed by atoms with Crippen LogP contribution in [0.15, 0.2) is 4.99 Å². The van der Waals surface area contributed by atoms with Gasteiger partial charge in [-0.15, -0.1) is 10.3 Å². The molecule has 0 aliphatic rings. The van der Waals surface area contributed by atoms with Crippen LogP contribution >= 0.6 is 22.5 Å². The molecular formula is C7H13NO2S2. The Bertz CT molecular complexity index is 161. The maximum Gasteiger partial charge on any atom is 0.0727 e. The van der Waals surface area contributed by atoms with Crippen LogP contribution in [0.2, 0.25) is 0 Å². The van der Waals surface area contributed by atoms with Crippen LogP contribution in [0.5, 0.6) is 0 Å². The maximum atomic E-state index is 9.15. The number of nitrogens with zero attached hydrogens (tertiary/aromatic N) is 1. The van der Waals surface area contributed by atoms with Crippen LogP contribution in [-0.4, -0.2) is 41.5 Å². The average Bonchev–Trinajstić information content (AvgIpc) is 1.94. The molecule has 1 unspecified atom stereocenters. The molecule has 5 heteroatoms. The van der Waals surface area contributed by atoms with Gasteiger partial charge in [0.25, 0.3) is 0 Å². The van der Waals surface area contributed by atoms with Gasteiger partial charge in [-0.05, 0) is 18.5 Å². The first-order chi connectivity index (χ1) is 5.56. The SMILES string of the molecule is [CH]S(C)(O)CCOCCN=C=S. The molecule has 0 aromatic heterocycles. The lowest BCUT2D eigenvalue weighted by Crippen LogP contribution is -2.07. The van der Waals surface area contributed by atoms with Crippen LogP contribution in [0, 0.1) is 6.26 Å². The van der Waals surface area contributed by atoms with Gasteiger partial charge in [0.1, 0.15) is 0 Å². The molecule has 0 aliphatic heterocycles. The van der Waals surface area contributed by atoms with Crippen molar-refractivity contribution in [3.8, 4) is 0 Å². The Balaban J connectivity index is 3.16. The summed E-state index contributed by atoms with van der Waals surface area (Å²) in [5.74, 6) is 0.494. The molecule has 0 amide bonds. The second kappa shape index (κ2) is 6.57. The normalized spacial score (nSPS) is 12.2. The Morgan fingerprint density at radius 2 is 2.33 bits per heavy atom. The number of aliphatic imine (C=N–C) groups is 1. The van der Waals surface area contributed by atoms with E-state index in [1.54, 1.807) is 6.26 Å². The molecule has 0 rings (SSSR count). The molecule has 1 atom stereocenters. The van der Waals surface area contributed by atoms with E-state index in [9.17, 15) is 0 Å². The van der Waals surface area contributed by atoms with Gasteiger partial charge >= 0.3 is 0 Å². The standard InChI is InChI=1S/C7H13NO2S2/c1-12(2,9)6-5-10-4-3-8-7-11/h1,9H,3-6H2,2H3. The van der Waals surface area contributed by atoms with Crippen molar-refractivity contribution in [3.63, 3.8) is 0 Å². The third-order valence-electron chi connectivity index (χ3n) is 1.05. The lowest BCUT2D eigenvalue weighted by Gasteiger charge is -2.21. The monoisotopic (exact) mass is 207 g/mol. The lowest BCUT2D eigenvalue weighted by molar-refractivity contribution is 0.157. The summed E-state index contributed by atoms with van der Waals surface area (Å²) in [4.78, 5) is 3.66. The average molecular weight is 207 g/mol. The highest BCUT2D eigenvalue weighted by Crippen LogP contribution is 2.35. The van der Waals surface area contributed by atoms with Gasteiger partial charge in [-0.3, -0.25) is 0 Å². The van der Waals surface area contributed by atoms with E-state index in [1.165, 1.54) is 0 Å². The third kappa shape index (κ3) is 10.1. The van der Waals surface area contributed by atoms with E-state index in [0.717, 1.165) is 0 Å². The summed E-state index contributed by atoms with van der Waals surface area (Å²) in [6, 6.07) is 0. The second-order valence-electron chi connectivity index (χ2n) is 2.40. The van der Waals surface area contributed by atoms with Crippen molar-refractivity contribution in [2.75, 3.05) is 31.8 Å². The van der Waals surface area contributed by atoms with E-state index < -0.39 is 10.3 Å². The highest BCUT2D eigenvalue weighted by molar-refractivity contribution is 8.29. The van der Waals surface area contributed by atoms with Crippen LogP contribution in [-0.2, 0) is 4.74 Å². The third-order valence-corrected chi connectivity index (χ3v) is 2.18. The molecule has 0 aromatic rings. The molecule has 0 bridgehead atoms. The summed E-state index contributed by atoms with van der Waals surface area (Å²) in [5, 5.41) is 2.23. The van der Waals surface area contributed by atoms with E-state index >= 15 is 0 Å². The molecule has 0 saturated heterocycles. The van der Waals surface area contributed by atoms with Gasteiger partial charge < -0.3 is 9.29 Å². The Kier molecular flexibility index (Phi) is 6.61. The van der Waals surface area contributed by atoms with E-state index in [1.807, 2.05) is 0 Å². The van der Waals surface area contributed by atoms with Gasteiger partial charge in [0, 0.05) is 12.0 Å². The predicted octanol–water partition coefficient (Wildman–Crippen LogP) is 1.68. The Morgan fingerprint density at radius 1 is 1.67 bits per heavy atom. The Hall–Kier alpha value is 0.0700. The highest BCUT2D eigenvalue weighted by Gasteiger charge is 2.05. The number of rotatable bonds is 6. The lowest BCUT2D eigenvalue weighted by atomic mass is 10.7. The molecule has 2 radical (unpaired) electrons. The molecule has 0 spiro atoms. The molecule has 0 heterocycles. The first-order valence-corrected chi connectivity index (χ1v) is 6.08. The van der Waals surface area contributed by atoms with Crippen LogP contribution in [0.25, 0.3) is 0 Å². The first-order valence-electron chi connectivity index (χ1n) is 3.44. The molecule has 0 aromatic carbocycles. The van der Waals surface area contributed by atoms with Gasteiger partial charge in [0.05, 0.1) is 24.9 Å². The number of ether oxygens (including phenoxy) is 1. The van der Waals surface area contributed by atoms with Crippen LogP contribution in [0.1, 0.15) is 0 Å². The molecular weight excluding hydrogens is 194 g/mol. The fourth-order valence-corrected chi connectivity index (χ4v) is 1.03. The highest BCUT2D eigenvalue weighted by atomic mass is 32.3. The Morgan fingerprint density at radius 3 is 2.83 bits per heavy atom. The minimum Gasteiger partial charge on any atom is -0.379 e. The number of hydrogen-bond acceptors (Lipinski definition) is 4. The van der Waals surface area contributed by atoms with Crippen molar-refractivity contribution in [2.45, 2.75) is 0 Å². The zero-order valence-electron chi connectivity index (χ0n) is 7.02. The van der Waals surface area contributed by atoms with E-state index in [4.69, 9.17) is 15.5 Å². The zero-order chi connectivity index (χ0) is 9.45. The van der Waals surface area contributed by atoms with Crippen LogP contribution in [0.4, 0.5) is 0 Å². The number of thiocarbonyl (C=S) groups is 1. The van der Waals surface area contributed by atoms with E-state index in [-0.39, 0.29) is 0 Å². The summed E-state index contributed by atoms with van der Waals surface area (Å²) in [5.41, 5.74) is 0. The van der Waals surface area contributed by atoms with Crippen molar-refractivity contribution in [2.24, 2.45) is 4.99 Å². The van der Waals surface area contributed by atoms with Crippen molar-refractivity contribution >= 4 is 27.7 Å². The molecule has 0 fully saturated rings. The van der Waals surface area contributed by atoms with Crippen LogP contribution in [0.3, 0.4) is 0 Å². The topological polar surface area (TPSA) is 41.8 Å². The van der Waals surface area contributed by atoms with Crippen molar-refractivity contribution in [1.82, 2.24) is 0 Å². The minimum atomic E-state index is -1.91. The largest absolute Gasteiger partial charge is 0.379 e. The van der Waals surface area contributed by atoms with Gasteiger partial charge in [0.15, 0.2) is 0 Å². The first kappa shape index (κ1) is 12.1. The van der Waals surface area contributed by atoms with Gasteiger partial charge in [-0.2, -0.15) is 0 Å². The summed E-state index contributed by atoms with van der Waals surface area (Å²) in [6.45, 7) is 1.48. The predicted molar refractivity (Wildman–Crippen MR) is 56.0 cm³/mol. The quantitative estimate of drug-likeness (QED) is 0.409. The summed E-state index contributed by atoms with van der Waals surface area (Å²) in [7, 11) is -1.91. The van der Waals surface area contributed by atoms with E-state index in [2.05, 4.69) is 22.4 Å². The molecule has 0 saturated carbocycles. The summed E-state index contributed by atoms with van der Waals surface area (Å²) in [6.07, 6.45) is 7.00. The minimum absolute atomic E-state index is 0.464. The summed E-state index contributed by atoms with van der Waals surface area (Å²) >= 11 is 4.36. The van der Waals surface area contributed by atoms with Crippen LogP contribution < -0.4 is 0 Å². The number of isothiocyanates is 1. The van der Waals surface area contributed by atoms with E-state index in [0.29, 0.717) is 25.5 Å². The van der Waals surface area contributed by atoms with Crippen molar-refractivity contribution in [3.05, 3.63) is 6.26 Å². The maximum absolute atomic E-state index is 9.15. The fourth-order valence-electron chi connectivity index (χ4n) is 0.486. The second-order valence-corrected chi connectivity index (χ2v) is 5.20. The number of hydrogen-bond donors (Lipinski definition) is 1. The van der Waals surface area contributed by atoms with Gasteiger partial charge in [0.2, 0.25) is 0 Å². The summed E-state index contributed by atoms with van der Waals surface area (Å²) < 4.78 is 14.3. The van der Waals surface area contributed by atoms with Gasteiger partial charge in [-0.25, -0.2) is 4.99 Å². The Labute approximate surface area is 80.4 Å². The smallest absolute Gasteiger partial charge is 0.0727 e. The fraction of sp³-hybridized carbons (Fsp3) is 0.714. The van der Waals surface area contributed by atoms with Crippen molar-refractivity contribution < 1.29 is 9.29 Å². The molecule has 3 nitrogen and oxygen atoms in total. The molecule has 70 valence electrons. The van der Waals surface area contributed by atoms with Crippen molar-refractivity contribution in [1.29, 1.82) is 0 Å². The van der Waals surface area contributed by atoms with Gasteiger partial charge in [-0.1, -0.05) is 0 Å². The zero-order valence-corrected chi connectivity index (χ0v) is 8.66. The molecule has 0 aliphatic carbocycles. The molecule has 12 heavy (non-hydrogen) atoms. The molecule has 1 N–H and O–H groups in total.